The van der Waals surface area contributed by atoms with Crippen molar-refractivity contribution in [3.8, 4) is 22.5 Å². The molecule has 3 aromatic heterocycles. The minimum Gasteiger partial charge on any atom is -0.299 e. The maximum Gasteiger partial charge on any atom is 0.137 e. The lowest BCUT2D eigenvalue weighted by molar-refractivity contribution is 0.628. The first-order chi connectivity index (χ1) is 10.3. The van der Waals surface area contributed by atoms with Crippen molar-refractivity contribution in [1.29, 1.82) is 0 Å². The summed E-state index contributed by atoms with van der Waals surface area (Å²) in [6, 6.07) is 14.5. The molecule has 0 radical (unpaired) electrons. The van der Waals surface area contributed by atoms with Gasteiger partial charge in [-0.1, -0.05) is 6.07 Å². The maximum absolute atomic E-state index is 13.2. The molecule has 4 aromatic rings. The van der Waals surface area contributed by atoms with Gasteiger partial charge in [0.2, 0.25) is 0 Å². The molecule has 0 unspecified atom stereocenters. The fourth-order valence-electron chi connectivity index (χ4n) is 2.48. The van der Waals surface area contributed by atoms with E-state index in [0.717, 1.165) is 28.2 Å². The van der Waals surface area contributed by atoms with Crippen LogP contribution in [0.2, 0.25) is 0 Å². The molecule has 0 fully saturated rings. The number of imidazole rings is 1. The Morgan fingerprint density at radius 1 is 0.952 bits per heavy atom. The summed E-state index contributed by atoms with van der Waals surface area (Å²) in [5.74, 6) is -0.236. The van der Waals surface area contributed by atoms with Crippen molar-refractivity contribution >= 4 is 17.0 Å². The SMILES string of the molecule is Fc1ccc(-c2nc3ccccn3c2-c2ccsc2)cc1. The zero-order chi connectivity index (χ0) is 14.2. The van der Waals surface area contributed by atoms with Gasteiger partial charge in [-0.2, -0.15) is 11.3 Å². The quantitative estimate of drug-likeness (QED) is 0.515. The molecule has 102 valence electrons. The van der Waals surface area contributed by atoms with Gasteiger partial charge in [0.05, 0.1) is 11.4 Å². The Morgan fingerprint density at radius 2 is 1.81 bits per heavy atom. The molecule has 0 saturated carbocycles. The summed E-state index contributed by atoms with van der Waals surface area (Å²) < 4.78 is 15.2. The van der Waals surface area contributed by atoms with Gasteiger partial charge in [-0.3, -0.25) is 4.40 Å². The maximum atomic E-state index is 13.2. The Balaban J connectivity index is 2.04. The van der Waals surface area contributed by atoms with Crippen molar-refractivity contribution in [2.24, 2.45) is 0 Å². The monoisotopic (exact) mass is 294 g/mol. The van der Waals surface area contributed by atoms with Crippen molar-refractivity contribution in [2.75, 3.05) is 0 Å². The largest absolute Gasteiger partial charge is 0.299 e. The lowest BCUT2D eigenvalue weighted by Gasteiger charge is -2.03. The Labute approximate surface area is 125 Å². The third-order valence-electron chi connectivity index (χ3n) is 3.44. The molecular weight excluding hydrogens is 283 g/mol. The fraction of sp³-hybridized carbons (Fsp3) is 0. The highest BCUT2D eigenvalue weighted by Crippen LogP contribution is 2.33. The highest BCUT2D eigenvalue weighted by molar-refractivity contribution is 7.08. The van der Waals surface area contributed by atoms with Crippen LogP contribution in [0.1, 0.15) is 0 Å². The molecular formula is C17H11FN2S. The molecule has 3 heterocycles. The van der Waals surface area contributed by atoms with E-state index in [1.165, 1.54) is 12.1 Å². The number of fused-ring (bicyclic) bond motifs is 1. The van der Waals surface area contributed by atoms with Crippen molar-refractivity contribution in [3.63, 3.8) is 0 Å². The first kappa shape index (κ1) is 12.3. The van der Waals surface area contributed by atoms with Gasteiger partial charge in [0, 0.05) is 22.7 Å². The number of rotatable bonds is 2. The van der Waals surface area contributed by atoms with E-state index in [9.17, 15) is 4.39 Å². The topological polar surface area (TPSA) is 17.3 Å². The predicted octanol–water partition coefficient (Wildman–Crippen LogP) is 4.87. The van der Waals surface area contributed by atoms with Crippen LogP contribution in [0, 0.1) is 5.82 Å². The van der Waals surface area contributed by atoms with Gasteiger partial charge in [0.25, 0.3) is 0 Å². The van der Waals surface area contributed by atoms with E-state index in [2.05, 4.69) is 15.8 Å². The molecule has 4 rings (SSSR count). The summed E-state index contributed by atoms with van der Waals surface area (Å²) in [5, 5.41) is 4.15. The highest BCUT2D eigenvalue weighted by Gasteiger charge is 2.15. The van der Waals surface area contributed by atoms with Gasteiger partial charge in [-0.25, -0.2) is 9.37 Å². The average molecular weight is 294 g/mol. The average Bonchev–Trinajstić information content (AvgIpc) is 3.14. The van der Waals surface area contributed by atoms with E-state index < -0.39 is 0 Å². The summed E-state index contributed by atoms with van der Waals surface area (Å²) in [6.07, 6.45) is 2.00. The summed E-state index contributed by atoms with van der Waals surface area (Å²) >= 11 is 1.65. The molecule has 0 amide bonds. The number of aromatic nitrogens is 2. The third kappa shape index (κ3) is 2.04. The van der Waals surface area contributed by atoms with Crippen LogP contribution in [0.15, 0.2) is 65.5 Å². The van der Waals surface area contributed by atoms with E-state index in [1.54, 1.807) is 23.5 Å². The smallest absolute Gasteiger partial charge is 0.137 e. The Bertz CT molecular complexity index is 892. The van der Waals surface area contributed by atoms with E-state index in [4.69, 9.17) is 4.98 Å². The van der Waals surface area contributed by atoms with Gasteiger partial charge < -0.3 is 0 Å². The number of halogens is 1. The zero-order valence-electron chi connectivity index (χ0n) is 11.0. The standard InChI is InChI=1S/C17H11FN2S/c18-14-6-4-12(5-7-14)16-17(13-8-10-21-11-13)20-9-2-1-3-15(20)19-16/h1-11H. The van der Waals surface area contributed by atoms with E-state index in [1.807, 2.05) is 29.8 Å². The van der Waals surface area contributed by atoms with Gasteiger partial charge in [-0.15, -0.1) is 0 Å². The Hall–Kier alpha value is -2.46. The van der Waals surface area contributed by atoms with Crippen LogP contribution in [0.3, 0.4) is 0 Å². The van der Waals surface area contributed by atoms with Crippen LogP contribution in [0.4, 0.5) is 4.39 Å². The number of hydrogen-bond acceptors (Lipinski definition) is 2. The molecule has 0 bridgehead atoms. The summed E-state index contributed by atoms with van der Waals surface area (Å²) in [5.41, 5.74) is 4.84. The van der Waals surface area contributed by atoms with Crippen molar-refractivity contribution in [3.05, 3.63) is 71.3 Å². The second-order valence-electron chi connectivity index (χ2n) is 4.76. The van der Waals surface area contributed by atoms with Crippen LogP contribution >= 0.6 is 11.3 Å². The van der Waals surface area contributed by atoms with Gasteiger partial charge in [0.1, 0.15) is 11.5 Å². The van der Waals surface area contributed by atoms with E-state index in [0.29, 0.717) is 0 Å². The molecule has 0 aliphatic rings. The third-order valence-corrected chi connectivity index (χ3v) is 4.13. The summed E-state index contributed by atoms with van der Waals surface area (Å²) in [4.78, 5) is 4.71. The number of thiophene rings is 1. The van der Waals surface area contributed by atoms with Crippen LogP contribution < -0.4 is 0 Å². The zero-order valence-corrected chi connectivity index (χ0v) is 11.8. The normalized spacial score (nSPS) is 11.1. The number of nitrogens with zero attached hydrogens (tertiary/aromatic N) is 2. The van der Waals surface area contributed by atoms with Crippen LogP contribution in [0.5, 0.6) is 0 Å². The number of pyridine rings is 1. The molecule has 0 N–H and O–H groups in total. The lowest BCUT2D eigenvalue weighted by Crippen LogP contribution is -1.87. The summed E-state index contributed by atoms with van der Waals surface area (Å²) in [6.45, 7) is 0. The van der Waals surface area contributed by atoms with Crippen molar-refractivity contribution in [2.45, 2.75) is 0 Å². The van der Waals surface area contributed by atoms with Crippen LogP contribution in [-0.2, 0) is 0 Å². The molecule has 2 nitrogen and oxygen atoms in total. The Kier molecular flexibility index (Phi) is 2.82. The second kappa shape index (κ2) is 4.82. The number of hydrogen-bond donors (Lipinski definition) is 0. The highest BCUT2D eigenvalue weighted by atomic mass is 32.1. The molecule has 0 atom stereocenters. The molecule has 0 spiro atoms. The van der Waals surface area contributed by atoms with Gasteiger partial charge in [0.15, 0.2) is 0 Å². The molecule has 4 heteroatoms. The lowest BCUT2D eigenvalue weighted by atomic mass is 10.1. The fourth-order valence-corrected chi connectivity index (χ4v) is 3.12. The van der Waals surface area contributed by atoms with Crippen molar-refractivity contribution in [1.82, 2.24) is 9.38 Å². The second-order valence-corrected chi connectivity index (χ2v) is 5.54. The van der Waals surface area contributed by atoms with Gasteiger partial charge in [-0.05, 0) is 47.8 Å². The minimum atomic E-state index is -0.236. The van der Waals surface area contributed by atoms with Crippen LogP contribution in [0.25, 0.3) is 28.2 Å². The molecule has 21 heavy (non-hydrogen) atoms. The minimum absolute atomic E-state index is 0.236. The Morgan fingerprint density at radius 3 is 2.57 bits per heavy atom. The molecule has 0 aliphatic heterocycles. The van der Waals surface area contributed by atoms with E-state index >= 15 is 0 Å². The summed E-state index contributed by atoms with van der Waals surface area (Å²) in [7, 11) is 0. The van der Waals surface area contributed by atoms with Gasteiger partial charge >= 0.3 is 0 Å². The first-order valence-electron chi connectivity index (χ1n) is 6.58. The predicted molar refractivity (Wildman–Crippen MR) is 83.9 cm³/mol. The van der Waals surface area contributed by atoms with E-state index in [-0.39, 0.29) is 5.82 Å². The molecule has 0 aliphatic carbocycles. The number of benzene rings is 1. The molecule has 0 saturated heterocycles. The molecule has 1 aromatic carbocycles. The first-order valence-corrected chi connectivity index (χ1v) is 7.53. The van der Waals surface area contributed by atoms with Crippen molar-refractivity contribution < 1.29 is 4.39 Å². The van der Waals surface area contributed by atoms with Crippen LogP contribution in [-0.4, -0.2) is 9.38 Å².